The quantitative estimate of drug-likeness (QED) is 0.758. The van der Waals surface area contributed by atoms with Gasteiger partial charge in [0.25, 0.3) is 0 Å². The number of benzene rings is 2. The molecule has 2 aromatic carbocycles. The summed E-state index contributed by atoms with van der Waals surface area (Å²) in [5.74, 6) is -1.55. The van der Waals surface area contributed by atoms with Gasteiger partial charge in [-0.1, -0.05) is 11.8 Å². The van der Waals surface area contributed by atoms with Crippen LogP contribution in [0.2, 0.25) is 0 Å². The number of ether oxygens (including phenoxy) is 2. The van der Waals surface area contributed by atoms with Crippen molar-refractivity contribution in [3.8, 4) is 11.5 Å². The third-order valence-electron chi connectivity index (χ3n) is 3.16. The van der Waals surface area contributed by atoms with Crippen LogP contribution in [0.3, 0.4) is 0 Å². The molecule has 0 spiro atoms. The minimum absolute atomic E-state index is 0.0660. The summed E-state index contributed by atoms with van der Waals surface area (Å²) in [6, 6.07) is 9.10. The molecule has 0 bridgehead atoms. The first-order valence-corrected chi connectivity index (χ1v) is 8.46. The number of esters is 2. The average molecular weight is 362 g/mol. The Morgan fingerprint density at radius 3 is 1.60 bits per heavy atom. The highest BCUT2D eigenvalue weighted by Gasteiger charge is 2.16. The van der Waals surface area contributed by atoms with E-state index in [2.05, 4.69) is 0 Å². The molecule has 0 heterocycles. The number of carbonyl (C=O) groups is 2. The Balaban J connectivity index is 2.28. The maximum absolute atomic E-state index is 11.8. The zero-order valence-corrected chi connectivity index (χ0v) is 14.6. The molecule has 132 valence electrons. The van der Waals surface area contributed by atoms with E-state index in [4.69, 9.17) is 9.47 Å². The third kappa shape index (κ3) is 4.67. The van der Waals surface area contributed by atoms with Crippen molar-refractivity contribution in [3.05, 3.63) is 47.5 Å². The molecule has 0 radical (unpaired) electrons. The van der Waals surface area contributed by atoms with Crippen molar-refractivity contribution in [2.45, 2.75) is 23.6 Å². The Bertz CT molecular complexity index is 722. The second-order valence-electron chi connectivity index (χ2n) is 4.90. The molecule has 0 aliphatic rings. The molecule has 0 fully saturated rings. The van der Waals surface area contributed by atoms with Crippen LogP contribution in [0, 0.1) is 0 Å². The summed E-state index contributed by atoms with van der Waals surface area (Å²) >= 11 is 1.27. The summed E-state index contributed by atoms with van der Waals surface area (Å²) in [5.41, 5.74) is 0.132. The van der Waals surface area contributed by atoms with E-state index >= 15 is 0 Å². The van der Waals surface area contributed by atoms with Crippen molar-refractivity contribution in [2.24, 2.45) is 0 Å². The van der Waals surface area contributed by atoms with E-state index in [-0.39, 0.29) is 35.8 Å². The molecule has 0 atom stereocenters. The molecule has 0 aliphatic carbocycles. The van der Waals surface area contributed by atoms with E-state index in [9.17, 15) is 19.8 Å². The van der Waals surface area contributed by atoms with Gasteiger partial charge in [-0.15, -0.1) is 0 Å². The normalized spacial score (nSPS) is 10.3. The predicted molar refractivity (Wildman–Crippen MR) is 92.2 cm³/mol. The van der Waals surface area contributed by atoms with Crippen molar-refractivity contribution in [3.63, 3.8) is 0 Å². The molecule has 0 saturated heterocycles. The van der Waals surface area contributed by atoms with Gasteiger partial charge in [-0.25, -0.2) is 9.59 Å². The van der Waals surface area contributed by atoms with Crippen molar-refractivity contribution in [1.29, 1.82) is 0 Å². The lowest BCUT2D eigenvalue weighted by molar-refractivity contribution is 0.0512. The molecule has 0 aliphatic heterocycles. The van der Waals surface area contributed by atoms with E-state index in [1.807, 2.05) is 0 Å². The fraction of sp³-hybridized carbons (Fsp3) is 0.222. The molecule has 0 saturated carbocycles. The molecule has 0 amide bonds. The number of phenols is 2. The molecule has 7 heteroatoms. The average Bonchev–Trinajstić information content (AvgIpc) is 2.58. The van der Waals surface area contributed by atoms with Crippen LogP contribution in [0.1, 0.15) is 34.6 Å². The zero-order valence-electron chi connectivity index (χ0n) is 13.8. The van der Waals surface area contributed by atoms with E-state index in [0.717, 1.165) is 0 Å². The Labute approximate surface area is 149 Å². The highest BCUT2D eigenvalue weighted by molar-refractivity contribution is 7.99. The van der Waals surface area contributed by atoms with Crippen LogP contribution in [-0.2, 0) is 9.47 Å². The van der Waals surface area contributed by atoms with Crippen LogP contribution in [0.5, 0.6) is 11.5 Å². The van der Waals surface area contributed by atoms with Gasteiger partial charge in [0.1, 0.15) is 22.6 Å². The van der Waals surface area contributed by atoms with Crippen LogP contribution in [0.15, 0.2) is 46.2 Å². The second-order valence-corrected chi connectivity index (χ2v) is 6.05. The lowest BCUT2D eigenvalue weighted by atomic mass is 10.2. The number of aromatic hydroxyl groups is 2. The number of hydrogen-bond acceptors (Lipinski definition) is 7. The Kier molecular flexibility index (Phi) is 6.30. The standard InChI is InChI=1S/C18H18O6S/c1-3-23-17(21)13-9-11(5-7-15(13)19)25-12-6-8-16(20)14(10-12)18(22)24-4-2/h5-10,19-20H,3-4H2,1-2H3. The van der Waals surface area contributed by atoms with Gasteiger partial charge in [0.2, 0.25) is 0 Å². The van der Waals surface area contributed by atoms with Gasteiger partial charge in [-0.2, -0.15) is 0 Å². The summed E-state index contributed by atoms with van der Waals surface area (Å²) in [6.07, 6.45) is 0. The summed E-state index contributed by atoms with van der Waals surface area (Å²) in [5, 5.41) is 19.6. The highest BCUT2D eigenvalue weighted by Crippen LogP contribution is 2.33. The summed E-state index contributed by atoms with van der Waals surface area (Å²) < 4.78 is 9.81. The molecule has 0 unspecified atom stereocenters. The van der Waals surface area contributed by atoms with Crippen LogP contribution in [0.25, 0.3) is 0 Å². The topological polar surface area (TPSA) is 93.1 Å². The first kappa shape index (κ1) is 18.7. The van der Waals surface area contributed by atoms with E-state index in [1.54, 1.807) is 26.0 Å². The molecule has 2 N–H and O–H groups in total. The lowest BCUT2D eigenvalue weighted by Gasteiger charge is -2.09. The van der Waals surface area contributed by atoms with Gasteiger partial charge in [-0.3, -0.25) is 0 Å². The van der Waals surface area contributed by atoms with Gasteiger partial charge in [-0.05, 0) is 50.2 Å². The summed E-state index contributed by atoms with van der Waals surface area (Å²) in [7, 11) is 0. The van der Waals surface area contributed by atoms with Crippen LogP contribution in [0.4, 0.5) is 0 Å². The Morgan fingerprint density at radius 2 is 1.24 bits per heavy atom. The van der Waals surface area contributed by atoms with Gasteiger partial charge in [0.15, 0.2) is 0 Å². The summed E-state index contributed by atoms with van der Waals surface area (Å²) in [4.78, 5) is 25.0. The monoisotopic (exact) mass is 362 g/mol. The van der Waals surface area contributed by atoms with Crippen LogP contribution >= 0.6 is 11.8 Å². The number of hydrogen-bond donors (Lipinski definition) is 2. The van der Waals surface area contributed by atoms with Crippen LogP contribution < -0.4 is 0 Å². The maximum atomic E-state index is 11.8. The van der Waals surface area contributed by atoms with Crippen LogP contribution in [-0.4, -0.2) is 35.4 Å². The van der Waals surface area contributed by atoms with Crippen molar-refractivity contribution >= 4 is 23.7 Å². The minimum Gasteiger partial charge on any atom is -0.507 e. The number of phenolic OH excluding ortho intramolecular Hbond substituents is 2. The molecule has 6 nitrogen and oxygen atoms in total. The molecule has 0 aromatic heterocycles. The highest BCUT2D eigenvalue weighted by atomic mass is 32.2. The van der Waals surface area contributed by atoms with Gasteiger partial charge in [0.05, 0.1) is 13.2 Å². The minimum atomic E-state index is -0.611. The molecular weight excluding hydrogens is 344 g/mol. The van der Waals surface area contributed by atoms with Crippen molar-refractivity contribution in [2.75, 3.05) is 13.2 Å². The Morgan fingerprint density at radius 1 is 0.840 bits per heavy atom. The Hall–Kier alpha value is -2.67. The van der Waals surface area contributed by atoms with Gasteiger partial charge < -0.3 is 19.7 Å². The van der Waals surface area contributed by atoms with E-state index in [1.165, 1.54) is 36.0 Å². The van der Waals surface area contributed by atoms with Gasteiger partial charge in [0, 0.05) is 9.79 Å². The van der Waals surface area contributed by atoms with Crippen molar-refractivity contribution < 1.29 is 29.3 Å². The number of rotatable bonds is 6. The predicted octanol–water partition coefficient (Wildman–Crippen LogP) is 3.60. The smallest absolute Gasteiger partial charge is 0.341 e. The molecule has 2 rings (SSSR count). The molecular formula is C18H18O6S. The lowest BCUT2D eigenvalue weighted by Crippen LogP contribution is -2.05. The SMILES string of the molecule is CCOC(=O)c1cc(Sc2ccc(O)c(C(=O)OCC)c2)ccc1O. The third-order valence-corrected chi connectivity index (χ3v) is 4.14. The second kappa shape index (κ2) is 8.43. The number of carbonyl (C=O) groups excluding carboxylic acids is 2. The van der Waals surface area contributed by atoms with Crippen molar-refractivity contribution in [1.82, 2.24) is 0 Å². The van der Waals surface area contributed by atoms with E-state index in [0.29, 0.717) is 9.79 Å². The fourth-order valence-corrected chi connectivity index (χ4v) is 2.94. The molecule has 2 aromatic rings. The maximum Gasteiger partial charge on any atom is 0.341 e. The molecule has 25 heavy (non-hydrogen) atoms. The van der Waals surface area contributed by atoms with Gasteiger partial charge >= 0.3 is 11.9 Å². The first-order valence-electron chi connectivity index (χ1n) is 7.64. The first-order chi connectivity index (χ1) is 12.0. The van der Waals surface area contributed by atoms with E-state index < -0.39 is 11.9 Å². The summed E-state index contributed by atoms with van der Waals surface area (Å²) in [6.45, 7) is 3.77. The zero-order chi connectivity index (χ0) is 18.4. The largest absolute Gasteiger partial charge is 0.507 e. The fourth-order valence-electron chi connectivity index (χ4n) is 2.04.